The molecule has 1 aromatic rings. The summed E-state index contributed by atoms with van der Waals surface area (Å²) >= 11 is 0. The highest BCUT2D eigenvalue weighted by atomic mass is 16.5. The first-order valence-electron chi connectivity index (χ1n) is 11.2. The number of carbonyl (C=O) groups is 2. The van der Waals surface area contributed by atoms with E-state index in [1.165, 1.54) is 4.90 Å². The monoisotopic (exact) mass is 431 g/mol. The fourth-order valence-electron chi connectivity index (χ4n) is 4.93. The number of amides is 3. The summed E-state index contributed by atoms with van der Waals surface area (Å²) < 4.78 is 10.5. The quantitative estimate of drug-likeness (QED) is 0.641. The molecule has 31 heavy (non-hydrogen) atoms. The van der Waals surface area contributed by atoms with Gasteiger partial charge in [-0.15, -0.1) is 0 Å². The third kappa shape index (κ3) is 5.39. The average Bonchev–Trinajstić information content (AvgIpc) is 2.96. The lowest BCUT2D eigenvalue weighted by atomic mass is 9.73. The minimum absolute atomic E-state index is 0.0823. The molecule has 3 amide bonds. The van der Waals surface area contributed by atoms with E-state index in [4.69, 9.17) is 9.47 Å². The molecule has 1 unspecified atom stereocenters. The molecular weight excluding hydrogens is 394 g/mol. The second-order valence-electron chi connectivity index (χ2n) is 9.99. The summed E-state index contributed by atoms with van der Waals surface area (Å²) in [5, 5.41) is 3.12. The predicted octanol–water partition coefficient (Wildman–Crippen LogP) is 2.93. The van der Waals surface area contributed by atoms with Gasteiger partial charge in [-0.1, -0.05) is 32.9 Å². The van der Waals surface area contributed by atoms with Crippen LogP contribution in [0.3, 0.4) is 0 Å². The molecule has 2 saturated heterocycles. The number of imide groups is 1. The number of rotatable bonds is 8. The van der Waals surface area contributed by atoms with Gasteiger partial charge in [-0.05, 0) is 55.0 Å². The number of ether oxygens (including phenoxy) is 2. The number of methoxy groups -OCH3 is 2. The molecule has 172 valence electrons. The van der Waals surface area contributed by atoms with Crippen LogP contribution in [-0.2, 0) is 16.0 Å². The van der Waals surface area contributed by atoms with E-state index >= 15 is 0 Å². The molecule has 3 rings (SSSR count). The summed E-state index contributed by atoms with van der Waals surface area (Å²) in [6.45, 7) is 10.2. The molecule has 1 aromatic carbocycles. The van der Waals surface area contributed by atoms with Crippen molar-refractivity contribution in [2.75, 3.05) is 47.0 Å². The number of benzene rings is 1. The third-order valence-electron chi connectivity index (χ3n) is 6.32. The molecule has 0 saturated carbocycles. The van der Waals surface area contributed by atoms with Crippen molar-refractivity contribution >= 4 is 11.9 Å². The Kier molecular flexibility index (Phi) is 7.27. The predicted molar refractivity (Wildman–Crippen MR) is 120 cm³/mol. The Morgan fingerprint density at radius 2 is 1.87 bits per heavy atom. The number of nitrogens with one attached hydrogen (secondary N) is 1. The number of hydrogen-bond donors (Lipinski definition) is 1. The molecule has 2 aliphatic heterocycles. The normalized spacial score (nSPS) is 23.3. The fraction of sp³-hybridized carbons (Fsp3) is 0.667. The van der Waals surface area contributed by atoms with Crippen molar-refractivity contribution in [3.63, 3.8) is 0 Å². The van der Waals surface area contributed by atoms with Crippen molar-refractivity contribution in [3.05, 3.63) is 29.8 Å². The van der Waals surface area contributed by atoms with Crippen LogP contribution < -0.4 is 10.1 Å². The van der Waals surface area contributed by atoms with Gasteiger partial charge in [-0.2, -0.15) is 0 Å². The SMILES string of the molecule is COCCN1C(=O)NC(Cc2cccc(OC)c2)(C2CCN(CC(C)(C)C)CC2)C1=O. The molecule has 0 spiro atoms. The Hall–Kier alpha value is -2.12. The zero-order valence-corrected chi connectivity index (χ0v) is 19.6. The first-order chi connectivity index (χ1) is 14.7. The van der Waals surface area contributed by atoms with Gasteiger partial charge in [0.1, 0.15) is 11.3 Å². The maximum Gasteiger partial charge on any atom is 0.325 e. The summed E-state index contributed by atoms with van der Waals surface area (Å²) in [6.07, 6.45) is 2.22. The Balaban J connectivity index is 1.85. The lowest BCUT2D eigenvalue weighted by Crippen LogP contribution is -2.58. The Labute approximate surface area is 186 Å². The second kappa shape index (κ2) is 9.57. The van der Waals surface area contributed by atoms with E-state index in [0.29, 0.717) is 13.0 Å². The highest BCUT2D eigenvalue weighted by Crippen LogP contribution is 2.37. The lowest BCUT2D eigenvalue weighted by molar-refractivity contribution is -0.134. The molecule has 1 N–H and O–H groups in total. The molecular formula is C24H37N3O4. The van der Waals surface area contributed by atoms with Gasteiger partial charge in [0, 0.05) is 20.1 Å². The smallest absolute Gasteiger partial charge is 0.325 e. The highest BCUT2D eigenvalue weighted by molar-refractivity contribution is 6.07. The zero-order chi connectivity index (χ0) is 22.6. The van der Waals surface area contributed by atoms with Crippen molar-refractivity contribution in [3.8, 4) is 5.75 Å². The minimum Gasteiger partial charge on any atom is -0.497 e. The van der Waals surface area contributed by atoms with Crippen LogP contribution in [0.1, 0.15) is 39.2 Å². The topological polar surface area (TPSA) is 71.1 Å². The van der Waals surface area contributed by atoms with Crippen LogP contribution in [0.2, 0.25) is 0 Å². The Morgan fingerprint density at radius 1 is 1.16 bits per heavy atom. The van der Waals surface area contributed by atoms with E-state index in [0.717, 1.165) is 43.8 Å². The second-order valence-corrected chi connectivity index (χ2v) is 9.99. The Bertz CT molecular complexity index is 783. The summed E-state index contributed by atoms with van der Waals surface area (Å²) in [5.74, 6) is 0.700. The van der Waals surface area contributed by atoms with E-state index < -0.39 is 5.54 Å². The maximum absolute atomic E-state index is 13.7. The number of hydrogen-bond acceptors (Lipinski definition) is 5. The van der Waals surface area contributed by atoms with Gasteiger partial charge >= 0.3 is 6.03 Å². The Morgan fingerprint density at radius 3 is 2.48 bits per heavy atom. The van der Waals surface area contributed by atoms with Crippen LogP contribution in [0.25, 0.3) is 0 Å². The fourth-order valence-corrected chi connectivity index (χ4v) is 4.93. The molecule has 2 heterocycles. The standard InChI is InChI=1S/C24H37N3O4/c1-23(2,3)17-26-11-9-19(10-12-26)24(16-18-7-6-8-20(15-18)31-5)21(28)27(13-14-30-4)22(29)25-24/h6-8,15,19H,9-14,16-17H2,1-5H3,(H,25,29). The van der Waals surface area contributed by atoms with Gasteiger partial charge < -0.3 is 19.7 Å². The van der Waals surface area contributed by atoms with E-state index in [1.807, 2.05) is 24.3 Å². The van der Waals surface area contributed by atoms with Crippen LogP contribution >= 0.6 is 0 Å². The van der Waals surface area contributed by atoms with Crippen LogP contribution in [-0.4, -0.2) is 74.3 Å². The first-order valence-corrected chi connectivity index (χ1v) is 11.2. The van der Waals surface area contributed by atoms with Crippen molar-refractivity contribution in [2.45, 2.75) is 45.6 Å². The first kappa shape index (κ1) is 23.5. The minimum atomic E-state index is -0.926. The van der Waals surface area contributed by atoms with Crippen LogP contribution in [0.4, 0.5) is 4.79 Å². The van der Waals surface area contributed by atoms with Gasteiger partial charge in [0.25, 0.3) is 5.91 Å². The number of urea groups is 1. The number of likely N-dealkylation sites (tertiary alicyclic amines) is 1. The molecule has 7 heteroatoms. The van der Waals surface area contributed by atoms with Crippen molar-refractivity contribution in [1.82, 2.24) is 15.1 Å². The van der Waals surface area contributed by atoms with E-state index in [2.05, 4.69) is 31.0 Å². The largest absolute Gasteiger partial charge is 0.497 e. The molecule has 7 nitrogen and oxygen atoms in total. The molecule has 0 radical (unpaired) electrons. The van der Waals surface area contributed by atoms with E-state index in [1.54, 1.807) is 14.2 Å². The van der Waals surface area contributed by atoms with E-state index in [-0.39, 0.29) is 29.8 Å². The highest BCUT2D eigenvalue weighted by Gasteiger charge is 2.55. The maximum atomic E-state index is 13.7. The number of piperidine rings is 1. The summed E-state index contributed by atoms with van der Waals surface area (Å²) in [5.41, 5.74) is 0.295. The van der Waals surface area contributed by atoms with Gasteiger partial charge in [0.15, 0.2) is 0 Å². The van der Waals surface area contributed by atoms with Crippen molar-refractivity contribution in [1.29, 1.82) is 0 Å². The van der Waals surface area contributed by atoms with Crippen LogP contribution in [0.5, 0.6) is 5.75 Å². The van der Waals surface area contributed by atoms with E-state index in [9.17, 15) is 9.59 Å². The third-order valence-corrected chi connectivity index (χ3v) is 6.32. The van der Waals surface area contributed by atoms with Crippen LogP contribution in [0.15, 0.2) is 24.3 Å². The molecule has 2 fully saturated rings. The molecule has 1 atom stereocenters. The van der Waals surface area contributed by atoms with Crippen molar-refractivity contribution < 1.29 is 19.1 Å². The summed E-state index contributed by atoms with van der Waals surface area (Å²) in [7, 11) is 3.21. The van der Waals surface area contributed by atoms with Gasteiger partial charge in [0.05, 0.1) is 20.3 Å². The average molecular weight is 432 g/mol. The summed E-state index contributed by atoms with van der Waals surface area (Å²) in [6, 6.07) is 7.45. The molecule has 0 aromatic heterocycles. The number of carbonyl (C=O) groups excluding carboxylic acids is 2. The van der Waals surface area contributed by atoms with Crippen molar-refractivity contribution in [2.24, 2.45) is 11.3 Å². The molecule has 0 bridgehead atoms. The van der Waals surface area contributed by atoms with Gasteiger partial charge in [-0.3, -0.25) is 9.69 Å². The van der Waals surface area contributed by atoms with Gasteiger partial charge in [0.2, 0.25) is 0 Å². The zero-order valence-electron chi connectivity index (χ0n) is 19.6. The lowest BCUT2D eigenvalue weighted by Gasteiger charge is -2.42. The van der Waals surface area contributed by atoms with Gasteiger partial charge in [-0.25, -0.2) is 4.79 Å². The molecule has 0 aliphatic carbocycles. The van der Waals surface area contributed by atoms with Crippen LogP contribution in [0, 0.1) is 11.3 Å². The summed E-state index contributed by atoms with van der Waals surface area (Å²) in [4.78, 5) is 30.3. The number of nitrogens with zero attached hydrogens (tertiary/aromatic N) is 2. The molecule has 2 aliphatic rings.